The summed E-state index contributed by atoms with van der Waals surface area (Å²) < 4.78 is 5.46. The number of rotatable bonds is 5. The molecule has 4 heteroatoms. The number of thiazole rings is 1. The Bertz CT molecular complexity index is 547. The summed E-state index contributed by atoms with van der Waals surface area (Å²) in [6.45, 7) is 2.46. The van der Waals surface area contributed by atoms with Gasteiger partial charge in [-0.25, -0.2) is 4.98 Å². The summed E-state index contributed by atoms with van der Waals surface area (Å²) in [6, 6.07) is 10.4. The molecule has 1 aliphatic rings. The predicted octanol–water partition coefficient (Wildman–Crippen LogP) is 2.89. The minimum atomic E-state index is 0.635. The van der Waals surface area contributed by atoms with Crippen LogP contribution in [0.25, 0.3) is 11.3 Å². The van der Waals surface area contributed by atoms with E-state index in [9.17, 15) is 0 Å². The molecule has 1 fully saturated rings. The van der Waals surface area contributed by atoms with Crippen LogP contribution in [0.3, 0.4) is 0 Å². The van der Waals surface area contributed by atoms with Crippen molar-refractivity contribution in [2.75, 3.05) is 19.8 Å². The second-order valence-electron chi connectivity index (χ2n) is 5.22. The van der Waals surface area contributed by atoms with E-state index < -0.39 is 0 Å². The van der Waals surface area contributed by atoms with E-state index in [0.717, 1.165) is 38.2 Å². The molecule has 2 heterocycles. The number of nitrogens with zero attached hydrogens (tertiary/aromatic N) is 1. The van der Waals surface area contributed by atoms with E-state index in [4.69, 9.17) is 15.5 Å². The summed E-state index contributed by atoms with van der Waals surface area (Å²) in [5.74, 6) is 0.635. The fourth-order valence-corrected chi connectivity index (χ4v) is 3.82. The predicted molar refractivity (Wildman–Crippen MR) is 82.9 cm³/mol. The molecule has 1 unspecified atom stereocenters. The van der Waals surface area contributed by atoms with Crippen molar-refractivity contribution >= 4 is 11.3 Å². The first-order valence-electron chi connectivity index (χ1n) is 7.18. The summed E-state index contributed by atoms with van der Waals surface area (Å²) in [6.07, 6.45) is 3.10. The van der Waals surface area contributed by atoms with Crippen LogP contribution in [-0.4, -0.2) is 24.7 Å². The van der Waals surface area contributed by atoms with Gasteiger partial charge >= 0.3 is 0 Å². The smallest absolute Gasteiger partial charge is 0.0939 e. The Morgan fingerprint density at radius 1 is 1.30 bits per heavy atom. The maximum absolute atomic E-state index is 5.74. The van der Waals surface area contributed by atoms with Gasteiger partial charge in [-0.3, -0.25) is 0 Å². The lowest BCUT2D eigenvalue weighted by atomic mass is 10.1. The lowest BCUT2D eigenvalue weighted by molar-refractivity contribution is 0.186. The van der Waals surface area contributed by atoms with Gasteiger partial charge in [0, 0.05) is 30.1 Å². The van der Waals surface area contributed by atoms with Gasteiger partial charge < -0.3 is 10.5 Å². The highest BCUT2D eigenvalue weighted by atomic mass is 32.1. The summed E-state index contributed by atoms with van der Waals surface area (Å²) in [5, 5.41) is 1.22. The zero-order chi connectivity index (χ0) is 13.8. The number of hydrogen-bond donors (Lipinski definition) is 1. The highest BCUT2D eigenvalue weighted by molar-refractivity contribution is 7.12. The van der Waals surface area contributed by atoms with Gasteiger partial charge in [0.15, 0.2) is 0 Å². The number of benzene rings is 1. The molecule has 1 aromatic heterocycles. The van der Waals surface area contributed by atoms with Gasteiger partial charge in [-0.15, -0.1) is 11.3 Å². The average Bonchev–Trinajstić information content (AvgIpc) is 3.11. The summed E-state index contributed by atoms with van der Waals surface area (Å²) in [5.41, 5.74) is 8.06. The Kier molecular flexibility index (Phi) is 4.45. The van der Waals surface area contributed by atoms with E-state index in [-0.39, 0.29) is 0 Å². The molecule has 0 bridgehead atoms. The number of nitrogens with two attached hydrogens (primary N) is 1. The van der Waals surface area contributed by atoms with Gasteiger partial charge in [-0.05, 0) is 25.3 Å². The maximum Gasteiger partial charge on any atom is 0.0939 e. The van der Waals surface area contributed by atoms with Crippen LogP contribution in [0, 0.1) is 5.92 Å². The van der Waals surface area contributed by atoms with E-state index in [1.165, 1.54) is 15.4 Å². The molecule has 0 spiro atoms. The molecule has 1 aliphatic heterocycles. The Labute approximate surface area is 123 Å². The quantitative estimate of drug-likeness (QED) is 0.920. The van der Waals surface area contributed by atoms with Gasteiger partial charge in [-0.2, -0.15) is 0 Å². The molecule has 2 aromatic rings. The number of aromatic nitrogens is 1. The van der Waals surface area contributed by atoms with Crippen LogP contribution in [0.1, 0.15) is 16.3 Å². The van der Waals surface area contributed by atoms with Gasteiger partial charge in [0.2, 0.25) is 0 Å². The fourth-order valence-electron chi connectivity index (χ4n) is 2.60. The molecule has 20 heavy (non-hydrogen) atoms. The molecule has 0 saturated carbocycles. The van der Waals surface area contributed by atoms with Crippen molar-refractivity contribution in [1.82, 2.24) is 4.98 Å². The third-order valence-corrected chi connectivity index (χ3v) is 4.78. The van der Waals surface area contributed by atoms with Crippen LogP contribution >= 0.6 is 11.3 Å². The normalized spacial score (nSPS) is 18.6. The molecule has 0 amide bonds. The van der Waals surface area contributed by atoms with Crippen molar-refractivity contribution in [3.63, 3.8) is 0 Å². The first-order chi connectivity index (χ1) is 9.86. The Morgan fingerprint density at radius 2 is 2.15 bits per heavy atom. The van der Waals surface area contributed by atoms with Crippen molar-refractivity contribution in [3.8, 4) is 11.3 Å². The molecule has 1 atom stereocenters. The van der Waals surface area contributed by atoms with E-state index in [1.807, 2.05) is 17.4 Å². The highest BCUT2D eigenvalue weighted by Crippen LogP contribution is 2.30. The molecule has 1 aromatic carbocycles. The monoisotopic (exact) mass is 288 g/mol. The van der Waals surface area contributed by atoms with Crippen LogP contribution < -0.4 is 5.73 Å². The standard InChI is InChI=1S/C16H20N2OS/c17-8-6-14-16(13-4-2-1-3-5-13)18-15(20-14)10-12-7-9-19-11-12/h1-5,12H,6-11,17H2. The first kappa shape index (κ1) is 13.7. The number of ether oxygens (including phenoxy) is 1. The van der Waals surface area contributed by atoms with E-state index in [1.54, 1.807) is 0 Å². The molecular weight excluding hydrogens is 268 g/mol. The Hall–Kier alpha value is -1.23. The summed E-state index contributed by atoms with van der Waals surface area (Å²) >= 11 is 1.82. The second-order valence-corrected chi connectivity index (χ2v) is 6.39. The van der Waals surface area contributed by atoms with Gasteiger partial charge in [0.1, 0.15) is 0 Å². The van der Waals surface area contributed by atoms with Crippen molar-refractivity contribution < 1.29 is 4.74 Å². The first-order valence-corrected chi connectivity index (χ1v) is 8.00. The van der Waals surface area contributed by atoms with Gasteiger partial charge in [0.25, 0.3) is 0 Å². The molecule has 0 aliphatic carbocycles. The highest BCUT2D eigenvalue weighted by Gasteiger charge is 2.19. The lowest BCUT2D eigenvalue weighted by Crippen LogP contribution is -2.02. The summed E-state index contributed by atoms with van der Waals surface area (Å²) in [7, 11) is 0. The van der Waals surface area contributed by atoms with E-state index in [2.05, 4.69) is 24.3 Å². The van der Waals surface area contributed by atoms with Crippen molar-refractivity contribution in [1.29, 1.82) is 0 Å². The van der Waals surface area contributed by atoms with Crippen LogP contribution in [0.5, 0.6) is 0 Å². The largest absolute Gasteiger partial charge is 0.381 e. The van der Waals surface area contributed by atoms with Crippen molar-refractivity contribution in [2.24, 2.45) is 11.7 Å². The zero-order valence-electron chi connectivity index (χ0n) is 11.5. The molecule has 1 saturated heterocycles. The minimum Gasteiger partial charge on any atom is -0.381 e. The maximum atomic E-state index is 5.74. The third-order valence-electron chi connectivity index (χ3n) is 3.65. The van der Waals surface area contributed by atoms with E-state index in [0.29, 0.717) is 12.5 Å². The van der Waals surface area contributed by atoms with Crippen LogP contribution in [0.15, 0.2) is 30.3 Å². The third kappa shape index (κ3) is 3.08. The van der Waals surface area contributed by atoms with Crippen molar-refractivity contribution in [2.45, 2.75) is 19.3 Å². The lowest BCUT2D eigenvalue weighted by Gasteiger charge is -2.02. The molecule has 0 radical (unpaired) electrons. The summed E-state index contributed by atoms with van der Waals surface area (Å²) in [4.78, 5) is 6.18. The van der Waals surface area contributed by atoms with Crippen LogP contribution in [0.4, 0.5) is 0 Å². The van der Waals surface area contributed by atoms with E-state index >= 15 is 0 Å². The topological polar surface area (TPSA) is 48.1 Å². The van der Waals surface area contributed by atoms with Crippen LogP contribution in [-0.2, 0) is 17.6 Å². The number of hydrogen-bond acceptors (Lipinski definition) is 4. The molecule has 2 N–H and O–H groups in total. The fraction of sp³-hybridized carbons (Fsp3) is 0.438. The minimum absolute atomic E-state index is 0.635. The average molecular weight is 288 g/mol. The zero-order valence-corrected chi connectivity index (χ0v) is 12.4. The van der Waals surface area contributed by atoms with Crippen LogP contribution in [0.2, 0.25) is 0 Å². The molecule has 3 nitrogen and oxygen atoms in total. The van der Waals surface area contributed by atoms with Gasteiger partial charge in [0.05, 0.1) is 10.7 Å². The molecular formula is C16H20N2OS. The van der Waals surface area contributed by atoms with Crippen molar-refractivity contribution in [3.05, 3.63) is 40.2 Å². The Morgan fingerprint density at radius 3 is 2.85 bits per heavy atom. The molecule has 106 valence electrons. The Balaban J connectivity index is 1.85. The second kappa shape index (κ2) is 6.48. The molecule has 3 rings (SSSR count). The van der Waals surface area contributed by atoms with Gasteiger partial charge in [-0.1, -0.05) is 30.3 Å². The SMILES string of the molecule is NCCc1sc(CC2CCOC2)nc1-c1ccccc1.